The smallest absolute Gasteiger partial charge is 0.117 e. The van der Waals surface area contributed by atoms with E-state index < -0.39 is 0 Å². The monoisotopic (exact) mass is 184 g/mol. The lowest BCUT2D eigenvalue weighted by Crippen LogP contribution is -1.85. The molecule has 1 heterocycles. The summed E-state index contributed by atoms with van der Waals surface area (Å²) in [6.07, 6.45) is 2.02. The Morgan fingerprint density at radius 3 is 3.00 bits per heavy atom. The van der Waals surface area contributed by atoms with E-state index >= 15 is 0 Å². The Kier molecular flexibility index (Phi) is 2.04. The molecule has 0 unspecified atom stereocenters. The van der Waals surface area contributed by atoms with Crippen molar-refractivity contribution >= 4 is 10.9 Å². The van der Waals surface area contributed by atoms with Gasteiger partial charge in [-0.1, -0.05) is 0 Å². The average Bonchev–Trinajstić information content (AvgIpc) is 2.19. The lowest BCUT2D eigenvalue weighted by molar-refractivity contribution is 0.476. The standard InChI is InChI=1S/C11H8N2O/c12-4-3-8-5-9-1-2-10(14)6-11(9)13-7-8/h1-2,5-7,14H,3H2. The summed E-state index contributed by atoms with van der Waals surface area (Å²) in [5, 5.41) is 18.7. The zero-order chi connectivity index (χ0) is 9.97. The first-order chi connectivity index (χ1) is 6.79. The van der Waals surface area contributed by atoms with Crippen LogP contribution in [0.5, 0.6) is 5.75 Å². The molecule has 0 amide bonds. The number of benzene rings is 1. The van der Waals surface area contributed by atoms with E-state index in [0.29, 0.717) is 6.42 Å². The second kappa shape index (κ2) is 3.35. The third-order valence-corrected chi connectivity index (χ3v) is 2.01. The van der Waals surface area contributed by atoms with Gasteiger partial charge in [-0.15, -0.1) is 0 Å². The summed E-state index contributed by atoms with van der Waals surface area (Å²) in [6, 6.07) is 8.98. The first-order valence-corrected chi connectivity index (χ1v) is 4.24. The van der Waals surface area contributed by atoms with Crippen molar-refractivity contribution in [2.45, 2.75) is 6.42 Å². The summed E-state index contributed by atoms with van der Waals surface area (Å²) < 4.78 is 0. The molecular formula is C11H8N2O. The van der Waals surface area contributed by atoms with Gasteiger partial charge in [-0.25, -0.2) is 0 Å². The quantitative estimate of drug-likeness (QED) is 0.737. The van der Waals surface area contributed by atoms with Gasteiger partial charge in [0.1, 0.15) is 5.75 Å². The first-order valence-electron chi connectivity index (χ1n) is 4.24. The summed E-state index contributed by atoms with van der Waals surface area (Å²) in [6.45, 7) is 0. The Balaban J connectivity index is 2.57. The zero-order valence-corrected chi connectivity index (χ0v) is 7.44. The molecule has 0 spiro atoms. The van der Waals surface area contributed by atoms with Gasteiger partial charge in [0.25, 0.3) is 0 Å². The van der Waals surface area contributed by atoms with Gasteiger partial charge in [0, 0.05) is 17.6 Å². The number of hydrogen-bond donors (Lipinski definition) is 1. The van der Waals surface area contributed by atoms with Crippen LogP contribution < -0.4 is 0 Å². The van der Waals surface area contributed by atoms with Crippen LogP contribution in [0, 0.1) is 11.3 Å². The van der Waals surface area contributed by atoms with E-state index in [9.17, 15) is 5.11 Å². The molecule has 3 heteroatoms. The van der Waals surface area contributed by atoms with Crippen molar-refractivity contribution in [3.05, 3.63) is 36.0 Å². The minimum Gasteiger partial charge on any atom is -0.508 e. The molecule has 1 N–H and O–H groups in total. The highest BCUT2D eigenvalue weighted by molar-refractivity contribution is 5.80. The third kappa shape index (κ3) is 1.50. The number of aromatic hydroxyl groups is 1. The topological polar surface area (TPSA) is 56.9 Å². The number of nitriles is 1. The Morgan fingerprint density at radius 2 is 2.21 bits per heavy atom. The van der Waals surface area contributed by atoms with Crippen LogP contribution in [0.25, 0.3) is 10.9 Å². The fourth-order valence-electron chi connectivity index (χ4n) is 1.34. The Bertz CT molecular complexity index is 514. The molecule has 0 atom stereocenters. The summed E-state index contributed by atoms with van der Waals surface area (Å²) >= 11 is 0. The van der Waals surface area contributed by atoms with Crippen LogP contribution in [0.1, 0.15) is 5.56 Å². The number of aromatic nitrogens is 1. The highest BCUT2D eigenvalue weighted by Gasteiger charge is 1.98. The molecule has 68 valence electrons. The Labute approximate surface area is 81.2 Å². The van der Waals surface area contributed by atoms with Crippen molar-refractivity contribution in [2.75, 3.05) is 0 Å². The number of phenols is 1. The second-order valence-corrected chi connectivity index (χ2v) is 3.06. The molecule has 0 aliphatic rings. The van der Waals surface area contributed by atoms with Gasteiger partial charge >= 0.3 is 0 Å². The van der Waals surface area contributed by atoms with Gasteiger partial charge in [-0.3, -0.25) is 4.98 Å². The van der Waals surface area contributed by atoms with Crippen molar-refractivity contribution < 1.29 is 5.11 Å². The largest absolute Gasteiger partial charge is 0.508 e. The van der Waals surface area contributed by atoms with E-state index in [2.05, 4.69) is 11.1 Å². The Morgan fingerprint density at radius 1 is 1.36 bits per heavy atom. The van der Waals surface area contributed by atoms with Crippen LogP contribution in [0.2, 0.25) is 0 Å². The van der Waals surface area contributed by atoms with Gasteiger partial charge in [0.2, 0.25) is 0 Å². The number of pyridine rings is 1. The van der Waals surface area contributed by atoms with E-state index in [4.69, 9.17) is 5.26 Å². The Hall–Kier alpha value is -2.08. The molecule has 2 rings (SSSR count). The van der Waals surface area contributed by atoms with E-state index in [-0.39, 0.29) is 5.75 Å². The predicted molar refractivity (Wildman–Crippen MR) is 52.7 cm³/mol. The highest BCUT2D eigenvalue weighted by Crippen LogP contribution is 2.18. The van der Waals surface area contributed by atoms with Crippen LogP contribution in [0.15, 0.2) is 30.5 Å². The van der Waals surface area contributed by atoms with Gasteiger partial charge in [-0.2, -0.15) is 5.26 Å². The number of hydrogen-bond acceptors (Lipinski definition) is 3. The van der Waals surface area contributed by atoms with Crippen LogP contribution in [0.3, 0.4) is 0 Å². The van der Waals surface area contributed by atoms with Gasteiger partial charge in [0.05, 0.1) is 18.0 Å². The maximum Gasteiger partial charge on any atom is 0.117 e. The van der Waals surface area contributed by atoms with Crippen LogP contribution in [-0.4, -0.2) is 10.1 Å². The molecule has 0 saturated heterocycles. The molecule has 1 aromatic heterocycles. The SMILES string of the molecule is N#CCc1cnc2cc(O)ccc2c1. The summed E-state index contributed by atoms with van der Waals surface area (Å²) in [7, 11) is 0. The van der Waals surface area contributed by atoms with E-state index in [0.717, 1.165) is 16.5 Å². The molecule has 0 radical (unpaired) electrons. The fraction of sp³-hybridized carbons (Fsp3) is 0.0909. The molecular weight excluding hydrogens is 176 g/mol. The summed E-state index contributed by atoms with van der Waals surface area (Å²) in [4.78, 5) is 4.15. The molecule has 0 aliphatic heterocycles. The molecule has 1 aromatic carbocycles. The van der Waals surface area contributed by atoms with Crippen molar-refractivity contribution in [3.63, 3.8) is 0 Å². The molecule has 0 aliphatic carbocycles. The summed E-state index contributed by atoms with van der Waals surface area (Å²) in [5.74, 6) is 0.207. The molecule has 3 nitrogen and oxygen atoms in total. The third-order valence-electron chi connectivity index (χ3n) is 2.01. The highest BCUT2D eigenvalue weighted by atomic mass is 16.3. The average molecular weight is 184 g/mol. The molecule has 14 heavy (non-hydrogen) atoms. The van der Waals surface area contributed by atoms with Gasteiger partial charge in [-0.05, 0) is 23.8 Å². The number of phenolic OH excluding ortho intramolecular Hbond substituents is 1. The number of rotatable bonds is 1. The van der Waals surface area contributed by atoms with Crippen LogP contribution >= 0.6 is 0 Å². The molecule has 0 bridgehead atoms. The molecule has 0 saturated carbocycles. The minimum absolute atomic E-state index is 0.207. The van der Waals surface area contributed by atoms with E-state index in [1.54, 1.807) is 24.4 Å². The maximum atomic E-state index is 9.21. The van der Waals surface area contributed by atoms with Crippen LogP contribution in [0.4, 0.5) is 0 Å². The number of fused-ring (bicyclic) bond motifs is 1. The lowest BCUT2D eigenvalue weighted by atomic mass is 10.1. The van der Waals surface area contributed by atoms with Crippen molar-refractivity contribution in [1.82, 2.24) is 4.98 Å². The minimum atomic E-state index is 0.207. The van der Waals surface area contributed by atoms with E-state index in [1.807, 2.05) is 6.07 Å². The van der Waals surface area contributed by atoms with Gasteiger partial charge in [0.15, 0.2) is 0 Å². The summed E-state index contributed by atoms with van der Waals surface area (Å²) in [5.41, 5.74) is 1.64. The first kappa shape index (κ1) is 8.52. The maximum absolute atomic E-state index is 9.21. The number of nitrogens with zero attached hydrogens (tertiary/aromatic N) is 2. The predicted octanol–water partition coefficient (Wildman–Crippen LogP) is 2.01. The van der Waals surface area contributed by atoms with Gasteiger partial charge < -0.3 is 5.11 Å². The van der Waals surface area contributed by atoms with Crippen LogP contribution in [-0.2, 0) is 6.42 Å². The second-order valence-electron chi connectivity index (χ2n) is 3.06. The molecule has 2 aromatic rings. The van der Waals surface area contributed by atoms with Crippen molar-refractivity contribution in [1.29, 1.82) is 5.26 Å². The normalized spacial score (nSPS) is 9.93. The van der Waals surface area contributed by atoms with E-state index in [1.165, 1.54) is 0 Å². The lowest BCUT2D eigenvalue weighted by Gasteiger charge is -1.99. The van der Waals surface area contributed by atoms with Crippen molar-refractivity contribution in [2.24, 2.45) is 0 Å². The molecule has 0 fully saturated rings. The zero-order valence-electron chi connectivity index (χ0n) is 7.44. The van der Waals surface area contributed by atoms with Crippen molar-refractivity contribution in [3.8, 4) is 11.8 Å². The fourth-order valence-corrected chi connectivity index (χ4v) is 1.34.